The maximum atomic E-state index is 12.7. The fourth-order valence-electron chi connectivity index (χ4n) is 3.24. The lowest BCUT2D eigenvalue weighted by atomic mass is 10.1. The summed E-state index contributed by atoms with van der Waals surface area (Å²) in [5.41, 5.74) is 2.77. The topological polar surface area (TPSA) is 110 Å². The van der Waals surface area contributed by atoms with Gasteiger partial charge in [0.2, 0.25) is 0 Å². The molecule has 2 aromatic heterocycles. The van der Waals surface area contributed by atoms with Gasteiger partial charge in [-0.15, -0.1) is 0 Å². The quantitative estimate of drug-likeness (QED) is 0.600. The molecule has 3 aromatic rings. The molecule has 1 aromatic carbocycles. The summed E-state index contributed by atoms with van der Waals surface area (Å²) in [5, 5.41) is 12.0. The number of nitrogens with zero attached hydrogens (tertiary/aromatic N) is 5. The van der Waals surface area contributed by atoms with Crippen molar-refractivity contribution >= 4 is 22.9 Å². The number of carbonyl (C=O) groups excluding carboxylic acids is 1. The minimum Gasteiger partial charge on any atom is -0.395 e. The molecular formula is C19H23N7O2. The Hall–Kier alpha value is -3.04. The summed E-state index contributed by atoms with van der Waals surface area (Å²) >= 11 is 0. The predicted molar refractivity (Wildman–Crippen MR) is 106 cm³/mol. The highest BCUT2D eigenvalue weighted by molar-refractivity contribution is 5.95. The fourth-order valence-corrected chi connectivity index (χ4v) is 3.24. The van der Waals surface area contributed by atoms with Crippen LogP contribution in [0.2, 0.25) is 0 Å². The Bertz CT molecular complexity index is 962. The molecule has 1 aliphatic rings. The molecule has 1 fully saturated rings. The zero-order valence-corrected chi connectivity index (χ0v) is 15.7. The van der Waals surface area contributed by atoms with E-state index in [1.165, 1.54) is 6.33 Å². The summed E-state index contributed by atoms with van der Waals surface area (Å²) in [5.74, 6) is 1.31. The van der Waals surface area contributed by atoms with Gasteiger partial charge in [0.25, 0.3) is 5.91 Å². The number of rotatable bonds is 5. The molecule has 0 saturated carbocycles. The van der Waals surface area contributed by atoms with Crippen molar-refractivity contribution in [3.05, 3.63) is 36.2 Å². The van der Waals surface area contributed by atoms with Crippen LogP contribution in [0.1, 0.15) is 10.4 Å². The largest absolute Gasteiger partial charge is 0.395 e. The maximum Gasteiger partial charge on any atom is 0.253 e. The molecule has 1 saturated heterocycles. The lowest BCUT2D eigenvalue weighted by molar-refractivity contribution is 0.0664. The monoisotopic (exact) mass is 381 g/mol. The van der Waals surface area contributed by atoms with Gasteiger partial charge in [-0.1, -0.05) is 12.1 Å². The molecule has 0 atom stereocenters. The van der Waals surface area contributed by atoms with Crippen molar-refractivity contribution in [1.82, 2.24) is 29.7 Å². The number of fused-ring (bicyclic) bond motifs is 1. The number of aromatic nitrogens is 4. The van der Waals surface area contributed by atoms with Crippen LogP contribution in [0.5, 0.6) is 0 Å². The normalized spacial score (nSPS) is 15.1. The number of aliphatic hydroxyl groups excluding tert-OH is 1. The van der Waals surface area contributed by atoms with Crippen molar-refractivity contribution in [3.63, 3.8) is 0 Å². The first-order valence-corrected chi connectivity index (χ1v) is 9.29. The van der Waals surface area contributed by atoms with Crippen LogP contribution < -0.4 is 5.32 Å². The van der Waals surface area contributed by atoms with Crippen LogP contribution in [0.25, 0.3) is 22.6 Å². The first kappa shape index (κ1) is 18.3. The average molecular weight is 381 g/mol. The Morgan fingerprint density at radius 1 is 1.18 bits per heavy atom. The van der Waals surface area contributed by atoms with E-state index in [4.69, 9.17) is 5.11 Å². The van der Waals surface area contributed by atoms with Gasteiger partial charge in [0, 0.05) is 43.9 Å². The second kappa shape index (κ2) is 7.91. The molecule has 9 nitrogen and oxygen atoms in total. The minimum absolute atomic E-state index is 0.00921. The summed E-state index contributed by atoms with van der Waals surface area (Å²) < 4.78 is 0. The van der Waals surface area contributed by atoms with E-state index in [0.29, 0.717) is 34.9 Å². The van der Waals surface area contributed by atoms with Crippen molar-refractivity contribution in [2.75, 3.05) is 51.7 Å². The zero-order valence-electron chi connectivity index (χ0n) is 15.7. The van der Waals surface area contributed by atoms with Crippen molar-refractivity contribution in [2.45, 2.75) is 0 Å². The predicted octanol–water partition coefficient (Wildman–Crippen LogP) is 0.812. The number of likely N-dealkylation sites (N-methyl/N-ethyl adjacent to an activating group) is 1. The number of carbonyl (C=O) groups is 1. The number of benzene rings is 1. The first-order chi connectivity index (χ1) is 13.7. The Kier molecular flexibility index (Phi) is 5.18. The van der Waals surface area contributed by atoms with E-state index in [0.717, 1.165) is 31.7 Å². The van der Waals surface area contributed by atoms with Gasteiger partial charge in [0.05, 0.1) is 6.61 Å². The van der Waals surface area contributed by atoms with E-state index >= 15 is 0 Å². The van der Waals surface area contributed by atoms with E-state index in [2.05, 4.69) is 37.2 Å². The number of imidazole rings is 1. The number of anilines is 1. The standard InChI is InChI=1S/C19H23N7O2/c1-25-7-9-26(10-8-25)19(28)14-4-2-13(3-5-14)16-23-15-17(20-6-11-27)21-12-22-18(15)24-16/h2-5,12,27H,6-11H2,1H3,(H2,20,21,22,23,24). The first-order valence-electron chi connectivity index (χ1n) is 9.29. The molecule has 1 aliphatic heterocycles. The van der Waals surface area contributed by atoms with Crippen LogP contribution in [0.4, 0.5) is 5.82 Å². The van der Waals surface area contributed by atoms with Crippen LogP contribution in [-0.2, 0) is 0 Å². The molecular weight excluding hydrogens is 358 g/mol. The molecule has 4 rings (SSSR count). The summed E-state index contributed by atoms with van der Waals surface area (Å²) in [6.07, 6.45) is 1.43. The van der Waals surface area contributed by atoms with Crippen molar-refractivity contribution in [1.29, 1.82) is 0 Å². The second-order valence-electron chi connectivity index (χ2n) is 6.83. The third-order valence-electron chi connectivity index (χ3n) is 4.89. The lowest BCUT2D eigenvalue weighted by Gasteiger charge is -2.32. The van der Waals surface area contributed by atoms with Crippen molar-refractivity contribution < 1.29 is 9.90 Å². The number of amides is 1. The molecule has 3 heterocycles. The molecule has 9 heteroatoms. The van der Waals surface area contributed by atoms with E-state index < -0.39 is 0 Å². The minimum atomic E-state index is 0.00921. The SMILES string of the molecule is CN1CCN(C(=O)c2ccc(-c3nc4ncnc(NCCO)c4[nH]3)cc2)CC1. The summed E-state index contributed by atoms with van der Waals surface area (Å²) in [6.45, 7) is 3.71. The molecule has 0 spiro atoms. The Balaban J connectivity index is 1.54. The molecule has 28 heavy (non-hydrogen) atoms. The number of aliphatic hydroxyl groups is 1. The van der Waals surface area contributed by atoms with Gasteiger partial charge in [-0.2, -0.15) is 0 Å². The molecule has 0 unspecified atom stereocenters. The Labute approximate surface area is 162 Å². The smallest absolute Gasteiger partial charge is 0.253 e. The van der Waals surface area contributed by atoms with Crippen molar-refractivity contribution in [3.8, 4) is 11.4 Å². The average Bonchev–Trinajstić information content (AvgIpc) is 3.17. The third kappa shape index (κ3) is 3.67. The summed E-state index contributed by atoms with van der Waals surface area (Å²) in [4.78, 5) is 32.9. The van der Waals surface area contributed by atoms with Gasteiger partial charge in [-0.25, -0.2) is 15.0 Å². The van der Waals surface area contributed by atoms with Crippen LogP contribution in [0.3, 0.4) is 0 Å². The van der Waals surface area contributed by atoms with Crippen LogP contribution >= 0.6 is 0 Å². The highest BCUT2D eigenvalue weighted by Gasteiger charge is 2.20. The number of nitrogens with one attached hydrogen (secondary N) is 2. The summed E-state index contributed by atoms with van der Waals surface area (Å²) in [7, 11) is 2.07. The Morgan fingerprint density at radius 2 is 1.93 bits per heavy atom. The van der Waals surface area contributed by atoms with Crippen LogP contribution in [0, 0.1) is 0 Å². The highest BCUT2D eigenvalue weighted by atomic mass is 16.3. The molecule has 1 amide bonds. The van der Waals surface area contributed by atoms with Gasteiger partial charge in [0.1, 0.15) is 17.7 Å². The van der Waals surface area contributed by atoms with Gasteiger partial charge in [-0.3, -0.25) is 4.79 Å². The van der Waals surface area contributed by atoms with Gasteiger partial charge in [-0.05, 0) is 19.2 Å². The van der Waals surface area contributed by atoms with E-state index in [9.17, 15) is 4.79 Å². The van der Waals surface area contributed by atoms with Crippen LogP contribution in [0.15, 0.2) is 30.6 Å². The van der Waals surface area contributed by atoms with E-state index in [1.807, 2.05) is 29.2 Å². The zero-order chi connectivity index (χ0) is 19.5. The molecule has 0 radical (unpaired) electrons. The number of H-pyrrole nitrogens is 1. The highest BCUT2D eigenvalue weighted by Crippen LogP contribution is 2.23. The lowest BCUT2D eigenvalue weighted by Crippen LogP contribution is -2.47. The summed E-state index contributed by atoms with van der Waals surface area (Å²) in [6, 6.07) is 7.43. The number of hydrogen-bond donors (Lipinski definition) is 3. The third-order valence-corrected chi connectivity index (χ3v) is 4.89. The van der Waals surface area contributed by atoms with Gasteiger partial charge in [0.15, 0.2) is 11.5 Å². The van der Waals surface area contributed by atoms with Crippen LogP contribution in [-0.4, -0.2) is 87.1 Å². The molecule has 0 aliphatic carbocycles. The van der Waals surface area contributed by atoms with E-state index in [-0.39, 0.29) is 12.5 Å². The molecule has 3 N–H and O–H groups in total. The second-order valence-corrected chi connectivity index (χ2v) is 6.83. The fraction of sp³-hybridized carbons (Fsp3) is 0.368. The van der Waals surface area contributed by atoms with Gasteiger partial charge < -0.3 is 25.2 Å². The molecule has 0 bridgehead atoms. The van der Waals surface area contributed by atoms with Gasteiger partial charge >= 0.3 is 0 Å². The van der Waals surface area contributed by atoms with E-state index in [1.54, 1.807) is 0 Å². The number of piperazine rings is 1. The number of aromatic amines is 1. The maximum absolute atomic E-state index is 12.7. The number of hydrogen-bond acceptors (Lipinski definition) is 7. The molecule has 146 valence electrons. The Morgan fingerprint density at radius 3 is 2.64 bits per heavy atom. The van der Waals surface area contributed by atoms with Crippen molar-refractivity contribution in [2.24, 2.45) is 0 Å².